The van der Waals surface area contributed by atoms with Crippen LogP contribution in [0.5, 0.6) is 0 Å². The summed E-state index contributed by atoms with van der Waals surface area (Å²) in [6.45, 7) is 4.88. The Kier molecular flexibility index (Phi) is 9.78. The lowest BCUT2D eigenvalue weighted by atomic mass is 9.76. The Morgan fingerprint density at radius 2 is 1.95 bits per heavy atom. The number of carbonyl (C=O) groups excluding carboxylic acids is 3. The minimum absolute atomic E-state index is 0.0458. The SMILES string of the molecule is CC(C)C[C@H](NC(=O)OC1(Cc2cccc(Cl)c2)CCC1)C(=O)NC(CO)CC1CC2(CCOCC2)NC1=O. The highest BCUT2D eigenvalue weighted by atomic mass is 35.5. The van der Waals surface area contributed by atoms with E-state index in [9.17, 15) is 19.5 Å². The van der Waals surface area contributed by atoms with Crippen molar-refractivity contribution in [2.45, 2.75) is 94.9 Å². The number of halogens is 1. The number of aliphatic hydroxyl groups is 1. The van der Waals surface area contributed by atoms with E-state index in [4.69, 9.17) is 21.1 Å². The lowest BCUT2D eigenvalue weighted by Crippen LogP contribution is -2.54. The van der Waals surface area contributed by atoms with Crippen LogP contribution in [0.15, 0.2) is 24.3 Å². The van der Waals surface area contributed by atoms with Gasteiger partial charge < -0.3 is 30.5 Å². The topological polar surface area (TPSA) is 126 Å². The molecule has 1 saturated carbocycles. The average molecular weight is 564 g/mol. The molecule has 3 fully saturated rings. The predicted octanol–water partition coefficient (Wildman–Crippen LogP) is 3.50. The third-order valence-corrected chi connectivity index (χ3v) is 8.52. The summed E-state index contributed by atoms with van der Waals surface area (Å²) in [4.78, 5) is 39.0. The fourth-order valence-electron chi connectivity index (χ4n) is 6.06. The Morgan fingerprint density at radius 1 is 1.21 bits per heavy atom. The molecule has 1 aliphatic carbocycles. The van der Waals surface area contributed by atoms with Crippen molar-refractivity contribution in [1.82, 2.24) is 16.0 Å². The standard InChI is InChI=1S/C29H42ClN3O6/c1-19(2)13-24(32-27(37)39-29(7-4-8-29)16-20-5-3-6-22(30)14-20)26(36)31-23(18-34)15-21-17-28(33-25(21)35)9-11-38-12-10-28/h3,5-6,14,19,21,23-24,34H,4,7-13,15-18H2,1-2H3,(H,31,36)(H,32,37)(H,33,35)/t21?,23?,24-/m0/s1. The summed E-state index contributed by atoms with van der Waals surface area (Å²) >= 11 is 6.14. The van der Waals surface area contributed by atoms with Crippen LogP contribution >= 0.6 is 11.6 Å². The van der Waals surface area contributed by atoms with E-state index in [-0.39, 0.29) is 29.9 Å². The van der Waals surface area contributed by atoms with E-state index in [1.54, 1.807) is 0 Å². The van der Waals surface area contributed by atoms with Gasteiger partial charge in [-0.25, -0.2) is 4.79 Å². The van der Waals surface area contributed by atoms with Gasteiger partial charge in [-0.3, -0.25) is 9.59 Å². The number of ether oxygens (including phenoxy) is 2. The minimum Gasteiger partial charge on any atom is -0.443 e. The van der Waals surface area contributed by atoms with Crippen molar-refractivity contribution in [3.8, 4) is 0 Å². The molecular weight excluding hydrogens is 522 g/mol. The number of hydrogen-bond acceptors (Lipinski definition) is 6. The Bertz CT molecular complexity index is 1020. The molecule has 3 atom stereocenters. The minimum atomic E-state index is -0.825. The van der Waals surface area contributed by atoms with Gasteiger partial charge in [0.05, 0.1) is 12.6 Å². The molecule has 216 valence electrons. The van der Waals surface area contributed by atoms with Crippen LogP contribution in [-0.2, 0) is 25.5 Å². The molecule has 4 rings (SSSR count). The first-order chi connectivity index (χ1) is 18.6. The van der Waals surface area contributed by atoms with Gasteiger partial charge in [0, 0.05) is 36.1 Å². The van der Waals surface area contributed by atoms with Crippen molar-refractivity contribution < 1.29 is 29.0 Å². The van der Waals surface area contributed by atoms with Crippen LogP contribution in [0.3, 0.4) is 0 Å². The molecule has 0 aromatic heterocycles. The monoisotopic (exact) mass is 563 g/mol. The van der Waals surface area contributed by atoms with E-state index in [1.165, 1.54) is 0 Å². The number of amides is 3. The number of rotatable bonds is 11. The van der Waals surface area contributed by atoms with E-state index in [1.807, 2.05) is 38.1 Å². The van der Waals surface area contributed by atoms with E-state index in [0.29, 0.717) is 43.9 Å². The van der Waals surface area contributed by atoms with Crippen molar-refractivity contribution in [1.29, 1.82) is 0 Å². The summed E-state index contributed by atoms with van der Waals surface area (Å²) < 4.78 is 11.4. The van der Waals surface area contributed by atoms with Crippen LogP contribution < -0.4 is 16.0 Å². The predicted molar refractivity (Wildman–Crippen MR) is 147 cm³/mol. The zero-order chi connectivity index (χ0) is 28.0. The number of nitrogens with one attached hydrogen (secondary N) is 3. The Morgan fingerprint density at radius 3 is 2.56 bits per heavy atom. The maximum atomic E-state index is 13.3. The lowest BCUT2D eigenvalue weighted by Gasteiger charge is -2.41. The van der Waals surface area contributed by atoms with Gasteiger partial charge in [0.15, 0.2) is 0 Å². The van der Waals surface area contributed by atoms with Crippen LogP contribution in [0.2, 0.25) is 5.02 Å². The molecule has 2 saturated heterocycles. The second-order valence-electron chi connectivity index (χ2n) is 12.0. The largest absolute Gasteiger partial charge is 0.443 e. The summed E-state index contributed by atoms with van der Waals surface area (Å²) in [5, 5.41) is 19.5. The van der Waals surface area contributed by atoms with Gasteiger partial charge in [-0.1, -0.05) is 37.6 Å². The van der Waals surface area contributed by atoms with Crippen LogP contribution in [0, 0.1) is 11.8 Å². The maximum absolute atomic E-state index is 13.3. The quantitative estimate of drug-likeness (QED) is 0.326. The highest BCUT2D eigenvalue weighted by Gasteiger charge is 2.46. The first-order valence-electron chi connectivity index (χ1n) is 14.2. The number of aliphatic hydroxyl groups excluding tert-OH is 1. The summed E-state index contributed by atoms with van der Waals surface area (Å²) in [5.74, 6) is -0.606. The van der Waals surface area contributed by atoms with Crippen LogP contribution in [-0.4, -0.2) is 66.1 Å². The molecule has 1 spiro atoms. The maximum Gasteiger partial charge on any atom is 0.408 e. The van der Waals surface area contributed by atoms with Gasteiger partial charge >= 0.3 is 6.09 Å². The normalized spacial score (nSPS) is 23.0. The van der Waals surface area contributed by atoms with Crippen molar-refractivity contribution in [3.05, 3.63) is 34.9 Å². The molecule has 0 radical (unpaired) electrons. The Labute approximate surface area is 235 Å². The number of alkyl carbamates (subject to hydrolysis) is 1. The van der Waals surface area contributed by atoms with E-state index in [0.717, 1.165) is 37.7 Å². The molecule has 9 nitrogen and oxygen atoms in total. The summed E-state index contributed by atoms with van der Waals surface area (Å²) in [6.07, 6.45) is 5.34. The molecule has 4 N–H and O–H groups in total. The Balaban J connectivity index is 1.34. The fourth-order valence-corrected chi connectivity index (χ4v) is 6.27. The number of benzene rings is 1. The van der Waals surface area contributed by atoms with Gasteiger partial charge in [0.1, 0.15) is 11.6 Å². The van der Waals surface area contributed by atoms with Crippen LogP contribution in [0.4, 0.5) is 4.79 Å². The fraction of sp³-hybridized carbons (Fsp3) is 0.690. The van der Waals surface area contributed by atoms with E-state index in [2.05, 4.69) is 16.0 Å². The molecule has 2 unspecified atom stereocenters. The van der Waals surface area contributed by atoms with Crippen molar-refractivity contribution >= 4 is 29.5 Å². The van der Waals surface area contributed by atoms with E-state index < -0.39 is 29.7 Å². The molecule has 2 aliphatic heterocycles. The smallest absolute Gasteiger partial charge is 0.408 e. The van der Waals surface area contributed by atoms with E-state index >= 15 is 0 Å². The van der Waals surface area contributed by atoms with Gasteiger partial charge in [-0.05, 0) is 75.0 Å². The molecule has 1 aromatic rings. The third kappa shape index (κ3) is 7.86. The van der Waals surface area contributed by atoms with Gasteiger partial charge in [0.25, 0.3) is 0 Å². The molecular formula is C29H42ClN3O6. The second-order valence-corrected chi connectivity index (χ2v) is 12.4. The first kappa shape index (κ1) is 29.6. The summed E-state index contributed by atoms with van der Waals surface area (Å²) in [6, 6.07) is 6.10. The van der Waals surface area contributed by atoms with Crippen molar-refractivity contribution in [2.24, 2.45) is 11.8 Å². The van der Waals surface area contributed by atoms with Crippen LogP contribution in [0.25, 0.3) is 0 Å². The molecule has 1 aromatic carbocycles. The number of hydrogen-bond donors (Lipinski definition) is 4. The van der Waals surface area contributed by atoms with Gasteiger partial charge in [-0.15, -0.1) is 0 Å². The van der Waals surface area contributed by atoms with Gasteiger partial charge in [0.2, 0.25) is 11.8 Å². The van der Waals surface area contributed by atoms with Gasteiger partial charge in [-0.2, -0.15) is 0 Å². The molecule has 10 heteroatoms. The molecule has 2 heterocycles. The highest BCUT2D eigenvalue weighted by Crippen LogP contribution is 2.39. The molecule has 39 heavy (non-hydrogen) atoms. The highest BCUT2D eigenvalue weighted by molar-refractivity contribution is 6.30. The van der Waals surface area contributed by atoms with Crippen molar-refractivity contribution in [3.63, 3.8) is 0 Å². The third-order valence-electron chi connectivity index (χ3n) is 8.29. The zero-order valence-electron chi connectivity index (χ0n) is 23.0. The molecule has 3 amide bonds. The zero-order valence-corrected chi connectivity index (χ0v) is 23.7. The first-order valence-corrected chi connectivity index (χ1v) is 14.5. The van der Waals surface area contributed by atoms with Crippen LogP contribution in [0.1, 0.15) is 70.8 Å². The lowest BCUT2D eigenvalue weighted by molar-refractivity contribution is -0.126. The molecule has 0 bridgehead atoms. The molecule has 3 aliphatic rings. The summed E-state index contributed by atoms with van der Waals surface area (Å²) in [7, 11) is 0. The Hall–Kier alpha value is -2.36. The summed E-state index contributed by atoms with van der Waals surface area (Å²) in [5.41, 5.74) is 0.130. The average Bonchev–Trinajstić information content (AvgIpc) is 3.15. The number of carbonyl (C=O) groups is 3. The van der Waals surface area contributed by atoms with Crippen molar-refractivity contribution in [2.75, 3.05) is 19.8 Å². The second kappa shape index (κ2) is 12.9.